The third-order valence-corrected chi connectivity index (χ3v) is 4.71. The average Bonchev–Trinajstić information content (AvgIpc) is 3.33. The summed E-state index contributed by atoms with van der Waals surface area (Å²) in [7, 11) is 1.56. The van der Waals surface area contributed by atoms with E-state index in [0.29, 0.717) is 17.9 Å². The highest BCUT2D eigenvalue weighted by Crippen LogP contribution is 2.23. The van der Waals surface area contributed by atoms with Crippen molar-refractivity contribution in [3.63, 3.8) is 0 Å². The predicted octanol–water partition coefficient (Wildman–Crippen LogP) is 4.48. The molecule has 0 saturated carbocycles. The molecule has 0 fully saturated rings. The van der Waals surface area contributed by atoms with E-state index in [9.17, 15) is 4.79 Å². The molecule has 0 bridgehead atoms. The van der Waals surface area contributed by atoms with Gasteiger partial charge >= 0.3 is 0 Å². The van der Waals surface area contributed by atoms with Gasteiger partial charge in [0.05, 0.1) is 18.4 Å². The Bertz CT molecular complexity index is 1090. The number of hydrogen-bond acceptors (Lipinski definition) is 3. The lowest BCUT2D eigenvalue weighted by molar-refractivity contribution is 0.0948. The molecule has 0 unspecified atom stereocenters. The highest BCUT2D eigenvalue weighted by atomic mass is 16.5. The summed E-state index contributed by atoms with van der Waals surface area (Å²) in [5, 5.41) is 7.16. The van der Waals surface area contributed by atoms with Crippen LogP contribution in [0.4, 0.5) is 0 Å². The second-order valence-corrected chi connectivity index (χ2v) is 6.58. The van der Waals surface area contributed by atoms with Crippen LogP contribution in [0.25, 0.3) is 16.8 Å². The van der Waals surface area contributed by atoms with Crippen LogP contribution in [0.5, 0.6) is 5.75 Å². The highest BCUT2D eigenvalue weighted by Gasteiger charge is 2.13. The number of rotatable bonds is 6. The quantitative estimate of drug-likeness (QED) is 0.534. The molecule has 0 aliphatic rings. The van der Waals surface area contributed by atoms with Crippen LogP contribution in [0.15, 0.2) is 91.3 Å². The van der Waals surface area contributed by atoms with E-state index in [0.717, 1.165) is 16.8 Å². The second-order valence-electron chi connectivity index (χ2n) is 6.58. The summed E-state index contributed by atoms with van der Waals surface area (Å²) in [6, 6.07) is 25.6. The molecule has 1 aromatic heterocycles. The van der Waals surface area contributed by atoms with Crippen LogP contribution in [0.2, 0.25) is 0 Å². The van der Waals surface area contributed by atoms with Crippen LogP contribution in [0, 0.1) is 0 Å². The van der Waals surface area contributed by atoms with E-state index in [1.54, 1.807) is 30.1 Å². The van der Waals surface area contributed by atoms with Gasteiger partial charge in [-0.25, -0.2) is 4.68 Å². The molecule has 0 spiro atoms. The van der Waals surface area contributed by atoms with Gasteiger partial charge in [0, 0.05) is 25.0 Å². The number of ether oxygens (including phenoxy) is 1. The summed E-state index contributed by atoms with van der Waals surface area (Å²) in [6.07, 6.45) is 3.55. The van der Waals surface area contributed by atoms with Gasteiger partial charge in [-0.3, -0.25) is 4.79 Å². The number of nitrogens with zero attached hydrogens (tertiary/aromatic N) is 2. The van der Waals surface area contributed by atoms with Crippen molar-refractivity contribution in [2.24, 2.45) is 0 Å². The summed E-state index contributed by atoms with van der Waals surface area (Å²) in [6.45, 7) is 0.442. The molecule has 0 aliphatic carbocycles. The SMILES string of the molecule is COc1cc(-n2cccn2)ccc1C(=O)NCc1ccc(-c2ccccc2)cc1. The summed E-state index contributed by atoms with van der Waals surface area (Å²) in [4.78, 5) is 12.7. The van der Waals surface area contributed by atoms with Crippen LogP contribution >= 0.6 is 0 Å². The molecule has 5 nitrogen and oxygen atoms in total. The Balaban J connectivity index is 1.44. The Labute approximate surface area is 169 Å². The monoisotopic (exact) mass is 383 g/mol. The zero-order valence-electron chi connectivity index (χ0n) is 16.1. The summed E-state index contributed by atoms with van der Waals surface area (Å²) in [5.74, 6) is 0.330. The van der Waals surface area contributed by atoms with Crippen molar-refractivity contribution in [2.45, 2.75) is 6.54 Å². The van der Waals surface area contributed by atoms with E-state index in [-0.39, 0.29) is 5.91 Å². The van der Waals surface area contributed by atoms with Crippen molar-refractivity contribution in [3.8, 4) is 22.6 Å². The molecule has 3 aromatic carbocycles. The second kappa shape index (κ2) is 8.44. The molecule has 0 saturated heterocycles. The number of amides is 1. The Hall–Kier alpha value is -3.86. The molecule has 1 heterocycles. The number of aromatic nitrogens is 2. The molecular weight excluding hydrogens is 362 g/mol. The first-order chi connectivity index (χ1) is 14.2. The van der Waals surface area contributed by atoms with Crippen LogP contribution in [0.1, 0.15) is 15.9 Å². The number of hydrogen-bond donors (Lipinski definition) is 1. The molecule has 0 aliphatic heterocycles. The van der Waals surface area contributed by atoms with E-state index in [1.807, 2.05) is 48.7 Å². The van der Waals surface area contributed by atoms with Crippen LogP contribution in [-0.4, -0.2) is 22.8 Å². The van der Waals surface area contributed by atoms with Gasteiger partial charge in [-0.1, -0.05) is 54.6 Å². The van der Waals surface area contributed by atoms with Gasteiger partial charge in [-0.05, 0) is 34.9 Å². The van der Waals surface area contributed by atoms with Gasteiger partial charge in [-0.15, -0.1) is 0 Å². The van der Waals surface area contributed by atoms with Gasteiger partial charge < -0.3 is 10.1 Å². The Morgan fingerprint density at radius 2 is 1.72 bits per heavy atom. The third kappa shape index (κ3) is 4.19. The zero-order valence-corrected chi connectivity index (χ0v) is 16.1. The van der Waals surface area contributed by atoms with Crippen molar-refractivity contribution in [1.82, 2.24) is 15.1 Å². The first kappa shape index (κ1) is 18.5. The lowest BCUT2D eigenvalue weighted by Gasteiger charge is -2.12. The van der Waals surface area contributed by atoms with Crippen molar-refractivity contribution < 1.29 is 9.53 Å². The van der Waals surface area contributed by atoms with E-state index in [4.69, 9.17) is 4.74 Å². The number of methoxy groups -OCH3 is 1. The number of benzene rings is 3. The minimum Gasteiger partial charge on any atom is -0.496 e. The minimum atomic E-state index is -0.180. The highest BCUT2D eigenvalue weighted by molar-refractivity contribution is 5.97. The first-order valence-electron chi connectivity index (χ1n) is 9.35. The van der Waals surface area contributed by atoms with Gasteiger partial charge in [-0.2, -0.15) is 5.10 Å². The molecule has 0 radical (unpaired) electrons. The first-order valence-corrected chi connectivity index (χ1v) is 9.35. The fourth-order valence-corrected chi connectivity index (χ4v) is 3.15. The molecule has 4 rings (SSSR count). The maximum atomic E-state index is 12.7. The Morgan fingerprint density at radius 1 is 0.966 bits per heavy atom. The van der Waals surface area contributed by atoms with Crippen LogP contribution in [0.3, 0.4) is 0 Å². The third-order valence-electron chi connectivity index (χ3n) is 4.71. The van der Waals surface area contributed by atoms with Crippen molar-refractivity contribution in [1.29, 1.82) is 0 Å². The maximum Gasteiger partial charge on any atom is 0.255 e. The smallest absolute Gasteiger partial charge is 0.255 e. The zero-order chi connectivity index (χ0) is 20.1. The van der Waals surface area contributed by atoms with Gasteiger partial charge in [0.15, 0.2) is 0 Å². The van der Waals surface area contributed by atoms with Gasteiger partial charge in [0.2, 0.25) is 0 Å². The lowest BCUT2D eigenvalue weighted by Crippen LogP contribution is -2.23. The van der Waals surface area contributed by atoms with E-state index in [1.165, 1.54) is 5.56 Å². The summed E-state index contributed by atoms with van der Waals surface area (Å²) < 4.78 is 7.14. The summed E-state index contributed by atoms with van der Waals surface area (Å²) in [5.41, 5.74) is 4.68. The van der Waals surface area contributed by atoms with E-state index < -0.39 is 0 Å². The topological polar surface area (TPSA) is 56.2 Å². The van der Waals surface area contributed by atoms with Gasteiger partial charge in [0.25, 0.3) is 5.91 Å². The molecule has 5 heteroatoms. The van der Waals surface area contributed by atoms with Crippen LogP contribution < -0.4 is 10.1 Å². The van der Waals surface area contributed by atoms with E-state index >= 15 is 0 Å². The number of nitrogens with one attached hydrogen (secondary N) is 1. The minimum absolute atomic E-state index is 0.180. The molecule has 1 amide bonds. The van der Waals surface area contributed by atoms with Gasteiger partial charge in [0.1, 0.15) is 5.75 Å². The molecule has 4 aromatic rings. The fourth-order valence-electron chi connectivity index (χ4n) is 3.15. The largest absolute Gasteiger partial charge is 0.496 e. The molecule has 29 heavy (non-hydrogen) atoms. The molecule has 1 N–H and O–H groups in total. The van der Waals surface area contributed by atoms with E-state index in [2.05, 4.69) is 34.7 Å². The summed E-state index contributed by atoms with van der Waals surface area (Å²) >= 11 is 0. The van der Waals surface area contributed by atoms with Crippen molar-refractivity contribution >= 4 is 5.91 Å². The molecule has 144 valence electrons. The normalized spacial score (nSPS) is 10.5. The standard InChI is InChI=1S/C24H21N3O2/c1-29-23-16-21(27-15-5-14-26-27)12-13-22(23)24(28)25-17-18-8-10-20(11-9-18)19-6-3-2-4-7-19/h2-16H,17H2,1H3,(H,25,28). The fraction of sp³-hybridized carbons (Fsp3) is 0.0833. The lowest BCUT2D eigenvalue weighted by atomic mass is 10.0. The average molecular weight is 383 g/mol. The number of carbonyl (C=O) groups is 1. The van der Waals surface area contributed by atoms with Crippen molar-refractivity contribution in [2.75, 3.05) is 7.11 Å². The van der Waals surface area contributed by atoms with Crippen molar-refractivity contribution in [3.05, 3.63) is 102 Å². The molecular formula is C24H21N3O2. The van der Waals surface area contributed by atoms with Crippen LogP contribution in [-0.2, 0) is 6.54 Å². The Morgan fingerprint density at radius 3 is 2.41 bits per heavy atom. The molecule has 0 atom stereocenters. The Kier molecular flexibility index (Phi) is 5.38. The number of carbonyl (C=O) groups excluding carboxylic acids is 1. The predicted molar refractivity (Wildman–Crippen MR) is 113 cm³/mol. The maximum absolute atomic E-state index is 12.7.